The molecule has 0 unspecified atom stereocenters. The first kappa shape index (κ1) is 19.1. The fraction of sp³-hybridized carbons (Fsp3) is 0.522. The zero-order valence-corrected chi connectivity index (χ0v) is 16.7. The van der Waals surface area contributed by atoms with Crippen molar-refractivity contribution < 1.29 is 9.53 Å². The normalized spacial score (nSPS) is 18.3. The van der Waals surface area contributed by atoms with Crippen molar-refractivity contribution >= 4 is 5.97 Å². The predicted molar refractivity (Wildman–Crippen MR) is 109 cm³/mol. The van der Waals surface area contributed by atoms with Crippen molar-refractivity contribution in [2.24, 2.45) is 5.92 Å². The summed E-state index contributed by atoms with van der Waals surface area (Å²) < 4.78 is 5.03. The number of methoxy groups -OCH3 is 1. The number of nitrogens with zero attached hydrogens (tertiary/aromatic N) is 3. The smallest absolute Gasteiger partial charge is 0.340 e. The maximum Gasteiger partial charge on any atom is 0.340 e. The molecule has 0 amide bonds. The summed E-state index contributed by atoms with van der Waals surface area (Å²) in [6, 6.07) is 5.82. The van der Waals surface area contributed by atoms with E-state index in [-0.39, 0.29) is 5.97 Å². The number of aromatic nitrogens is 2. The molecule has 28 heavy (non-hydrogen) atoms. The number of carbonyl (C=O) groups excluding carboxylic acids is 1. The zero-order valence-electron chi connectivity index (χ0n) is 16.7. The fourth-order valence-electron chi connectivity index (χ4n) is 4.59. The molecule has 1 saturated carbocycles. The van der Waals surface area contributed by atoms with Gasteiger partial charge < -0.3 is 9.64 Å². The maximum absolute atomic E-state index is 12.4. The number of ether oxygens (including phenoxy) is 1. The van der Waals surface area contributed by atoms with E-state index in [9.17, 15) is 4.79 Å². The molecule has 3 heterocycles. The lowest BCUT2D eigenvalue weighted by Crippen LogP contribution is -2.32. The van der Waals surface area contributed by atoms with Gasteiger partial charge in [-0.15, -0.1) is 0 Å². The van der Waals surface area contributed by atoms with Gasteiger partial charge in [0.15, 0.2) is 0 Å². The van der Waals surface area contributed by atoms with E-state index in [1.807, 2.05) is 18.2 Å². The summed E-state index contributed by atoms with van der Waals surface area (Å²) >= 11 is 0. The van der Waals surface area contributed by atoms with Gasteiger partial charge in [0.1, 0.15) is 0 Å². The van der Waals surface area contributed by atoms with Gasteiger partial charge in [-0.2, -0.15) is 0 Å². The molecular weight excluding hydrogens is 350 g/mol. The van der Waals surface area contributed by atoms with Gasteiger partial charge in [-0.3, -0.25) is 9.97 Å². The largest absolute Gasteiger partial charge is 0.465 e. The van der Waals surface area contributed by atoms with Crippen LogP contribution in [0.3, 0.4) is 0 Å². The Morgan fingerprint density at radius 1 is 1.21 bits per heavy atom. The molecule has 5 nitrogen and oxygen atoms in total. The molecule has 2 aliphatic rings. The molecule has 4 rings (SSSR count). The van der Waals surface area contributed by atoms with Gasteiger partial charge in [-0.25, -0.2) is 4.79 Å². The second kappa shape index (κ2) is 8.82. The van der Waals surface area contributed by atoms with Gasteiger partial charge in [0, 0.05) is 49.7 Å². The van der Waals surface area contributed by atoms with Crippen LogP contribution in [0.5, 0.6) is 0 Å². The number of carbonyl (C=O) groups is 1. The first-order valence-electron chi connectivity index (χ1n) is 10.5. The summed E-state index contributed by atoms with van der Waals surface area (Å²) in [5.74, 6) is 0.511. The standard InChI is InChI=1S/C23H29N3O2/c1-28-23(27)20-14-18-9-12-26(16-17-6-3-2-4-7-17)13-10-21(18)25-22(20)19-8-5-11-24-15-19/h5,8,11,14-15,17H,2-4,6-7,9-10,12-13,16H2,1H3. The molecule has 0 aromatic carbocycles. The molecule has 2 aromatic heterocycles. The molecule has 0 N–H and O–H groups in total. The lowest BCUT2D eigenvalue weighted by atomic mass is 9.89. The molecule has 1 aliphatic carbocycles. The molecule has 5 heteroatoms. The molecule has 0 radical (unpaired) electrons. The van der Waals surface area contributed by atoms with E-state index in [1.54, 1.807) is 12.4 Å². The van der Waals surface area contributed by atoms with Gasteiger partial charge in [-0.05, 0) is 48.9 Å². The minimum atomic E-state index is -0.336. The number of pyridine rings is 2. The van der Waals surface area contributed by atoms with E-state index in [0.717, 1.165) is 43.1 Å². The summed E-state index contributed by atoms with van der Waals surface area (Å²) in [5.41, 5.74) is 4.36. The highest BCUT2D eigenvalue weighted by Gasteiger charge is 2.23. The third-order valence-electron chi connectivity index (χ3n) is 6.13. The lowest BCUT2D eigenvalue weighted by Gasteiger charge is -2.28. The van der Waals surface area contributed by atoms with Gasteiger partial charge >= 0.3 is 5.97 Å². The molecule has 0 saturated heterocycles. The highest BCUT2D eigenvalue weighted by Crippen LogP contribution is 2.28. The Morgan fingerprint density at radius 2 is 2.04 bits per heavy atom. The fourth-order valence-corrected chi connectivity index (χ4v) is 4.59. The summed E-state index contributed by atoms with van der Waals surface area (Å²) in [4.78, 5) is 24.1. The Balaban J connectivity index is 1.58. The molecule has 1 aliphatic heterocycles. The average molecular weight is 380 g/mol. The van der Waals surface area contributed by atoms with Crippen molar-refractivity contribution in [1.82, 2.24) is 14.9 Å². The molecular formula is C23H29N3O2. The van der Waals surface area contributed by atoms with Crippen LogP contribution in [-0.2, 0) is 17.6 Å². The number of hydrogen-bond acceptors (Lipinski definition) is 5. The molecule has 148 valence electrons. The van der Waals surface area contributed by atoms with E-state index in [2.05, 4.69) is 9.88 Å². The topological polar surface area (TPSA) is 55.3 Å². The third kappa shape index (κ3) is 4.25. The van der Waals surface area contributed by atoms with Crippen molar-refractivity contribution in [2.45, 2.75) is 44.9 Å². The predicted octanol–water partition coefficient (Wildman–Crippen LogP) is 3.91. The number of esters is 1. The Labute approximate surface area is 167 Å². The average Bonchev–Trinajstić information content (AvgIpc) is 2.95. The van der Waals surface area contributed by atoms with Crippen LogP contribution in [0.1, 0.15) is 53.7 Å². The highest BCUT2D eigenvalue weighted by atomic mass is 16.5. The summed E-state index contributed by atoms with van der Waals surface area (Å²) in [6.07, 6.45) is 12.3. The van der Waals surface area contributed by atoms with Crippen LogP contribution in [0.2, 0.25) is 0 Å². The Kier molecular flexibility index (Phi) is 6.01. The Hall–Kier alpha value is -2.27. The molecule has 0 atom stereocenters. The van der Waals surface area contributed by atoms with Crippen LogP contribution < -0.4 is 0 Å². The number of rotatable bonds is 4. The number of hydrogen-bond donors (Lipinski definition) is 0. The molecule has 1 fully saturated rings. The Bertz CT molecular complexity index is 816. The highest BCUT2D eigenvalue weighted by molar-refractivity contribution is 5.96. The van der Waals surface area contributed by atoms with Crippen LogP contribution in [0, 0.1) is 5.92 Å². The van der Waals surface area contributed by atoms with Crippen LogP contribution in [0.4, 0.5) is 0 Å². The molecule has 2 aromatic rings. The van der Waals surface area contributed by atoms with Crippen LogP contribution in [-0.4, -0.2) is 47.6 Å². The van der Waals surface area contributed by atoms with Gasteiger partial charge in [0.25, 0.3) is 0 Å². The van der Waals surface area contributed by atoms with E-state index in [0.29, 0.717) is 11.3 Å². The van der Waals surface area contributed by atoms with Crippen molar-refractivity contribution in [3.05, 3.63) is 47.4 Å². The van der Waals surface area contributed by atoms with E-state index >= 15 is 0 Å². The first-order chi connectivity index (χ1) is 13.7. The molecule has 0 bridgehead atoms. The van der Waals surface area contributed by atoms with Crippen molar-refractivity contribution in [3.63, 3.8) is 0 Å². The summed E-state index contributed by atoms with van der Waals surface area (Å²) in [6.45, 7) is 3.28. The zero-order chi connectivity index (χ0) is 19.3. The lowest BCUT2D eigenvalue weighted by molar-refractivity contribution is 0.0601. The third-order valence-corrected chi connectivity index (χ3v) is 6.13. The summed E-state index contributed by atoms with van der Waals surface area (Å²) in [5, 5.41) is 0. The quantitative estimate of drug-likeness (QED) is 0.754. The van der Waals surface area contributed by atoms with Crippen molar-refractivity contribution in [1.29, 1.82) is 0 Å². The minimum absolute atomic E-state index is 0.336. The molecule has 0 spiro atoms. The first-order valence-corrected chi connectivity index (χ1v) is 10.5. The van der Waals surface area contributed by atoms with Gasteiger partial charge in [0.2, 0.25) is 0 Å². The van der Waals surface area contributed by atoms with E-state index in [1.165, 1.54) is 51.3 Å². The van der Waals surface area contributed by atoms with Crippen LogP contribution in [0.25, 0.3) is 11.3 Å². The summed E-state index contributed by atoms with van der Waals surface area (Å²) in [7, 11) is 1.42. The second-order valence-corrected chi connectivity index (χ2v) is 8.03. The van der Waals surface area contributed by atoms with Gasteiger partial charge in [-0.1, -0.05) is 19.3 Å². The van der Waals surface area contributed by atoms with Crippen LogP contribution >= 0.6 is 0 Å². The van der Waals surface area contributed by atoms with Crippen LogP contribution in [0.15, 0.2) is 30.6 Å². The number of fused-ring (bicyclic) bond motifs is 1. The Morgan fingerprint density at radius 3 is 2.79 bits per heavy atom. The second-order valence-electron chi connectivity index (χ2n) is 8.03. The SMILES string of the molecule is COC(=O)c1cc2c(nc1-c1cccnc1)CCN(CC1CCCCC1)CC2. The van der Waals surface area contributed by atoms with E-state index < -0.39 is 0 Å². The maximum atomic E-state index is 12.4. The van der Waals surface area contributed by atoms with Gasteiger partial charge in [0.05, 0.1) is 18.4 Å². The monoisotopic (exact) mass is 379 g/mol. The van der Waals surface area contributed by atoms with Crippen molar-refractivity contribution in [3.8, 4) is 11.3 Å². The van der Waals surface area contributed by atoms with E-state index in [4.69, 9.17) is 9.72 Å². The van der Waals surface area contributed by atoms with Crippen molar-refractivity contribution in [2.75, 3.05) is 26.7 Å². The minimum Gasteiger partial charge on any atom is -0.465 e.